The van der Waals surface area contributed by atoms with Crippen LogP contribution in [0.5, 0.6) is 0 Å². The van der Waals surface area contributed by atoms with Crippen molar-refractivity contribution in [2.24, 2.45) is 0 Å². The van der Waals surface area contributed by atoms with E-state index in [-0.39, 0.29) is 5.56 Å². The zero-order chi connectivity index (χ0) is 23.1. The summed E-state index contributed by atoms with van der Waals surface area (Å²) in [6.45, 7) is 0. The van der Waals surface area contributed by atoms with Gasteiger partial charge in [-0.05, 0) is 49.2 Å². The lowest BCUT2D eigenvalue weighted by molar-refractivity contribution is 0.0697. The summed E-state index contributed by atoms with van der Waals surface area (Å²) in [6.07, 6.45) is 7.67. The molecule has 0 saturated heterocycles. The Bertz CT molecular complexity index is 1520. The summed E-state index contributed by atoms with van der Waals surface area (Å²) in [5.74, 6) is -0.0776. The van der Waals surface area contributed by atoms with Crippen molar-refractivity contribution >= 4 is 28.0 Å². The van der Waals surface area contributed by atoms with E-state index in [9.17, 15) is 9.90 Å². The van der Waals surface area contributed by atoms with Gasteiger partial charge < -0.3 is 9.67 Å². The molecule has 1 saturated carbocycles. The molecule has 0 radical (unpaired) electrons. The van der Waals surface area contributed by atoms with Crippen molar-refractivity contribution in [1.82, 2.24) is 19.5 Å². The predicted octanol–water partition coefficient (Wildman–Crippen LogP) is 6.52. The minimum absolute atomic E-state index is 0.255. The first-order valence-electron chi connectivity index (χ1n) is 11.8. The van der Waals surface area contributed by atoms with Gasteiger partial charge in [-0.1, -0.05) is 49.6 Å². The molecule has 0 spiro atoms. The molecule has 6 heteroatoms. The van der Waals surface area contributed by atoms with Crippen molar-refractivity contribution in [3.8, 4) is 22.6 Å². The molecule has 34 heavy (non-hydrogen) atoms. The Hall–Kier alpha value is -4.06. The molecule has 2 heterocycles. The highest BCUT2D eigenvalue weighted by atomic mass is 16.4. The van der Waals surface area contributed by atoms with Crippen molar-refractivity contribution in [1.29, 1.82) is 0 Å². The Labute approximate surface area is 196 Å². The second-order valence-electron chi connectivity index (χ2n) is 8.93. The third-order valence-corrected chi connectivity index (χ3v) is 6.75. The van der Waals surface area contributed by atoms with E-state index in [0.29, 0.717) is 11.6 Å². The quantitative estimate of drug-likeness (QED) is 0.339. The van der Waals surface area contributed by atoms with Crippen LogP contribution in [0.1, 0.15) is 48.5 Å². The summed E-state index contributed by atoms with van der Waals surface area (Å²) >= 11 is 0. The number of benzene rings is 3. The average Bonchev–Trinajstić information content (AvgIpc) is 3.28. The van der Waals surface area contributed by atoms with Gasteiger partial charge in [0.05, 0.1) is 39.5 Å². The average molecular weight is 449 g/mol. The molecule has 1 fully saturated rings. The van der Waals surface area contributed by atoms with Crippen LogP contribution in [0, 0.1) is 0 Å². The zero-order valence-electron chi connectivity index (χ0n) is 18.7. The smallest absolute Gasteiger partial charge is 0.335 e. The lowest BCUT2D eigenvalue weighted by Gasteiger charge is -2.25. The molecule has 1 N–H and O–H groups in total. The Balaban J connectivity index is 1.48. The monoisotopic (exact) mass is 448 g/mol. The second-order valence-corrected chi connectivity index (χ2v) is 8.93. The number of fused-ring (bicyclic) bond motifs is 2. The molecule has 0 aliphatic heterocycles. The van der Waals surface area contributed by atoms with Gasteiger partial charge in [0, 0.05) is 17.2 Å². The summed E-state index contributed by atoms with van der Waals surface area (Å²) in [5, 5.41) is 9.46. The molecule has 6 rings (SSSR count). The summed E-state index contributed by atoms with van der Waals surface area (Å²) in [5.41, 5.74) is 6.44. The van der Waals surface area contributed by atoms with Crippen LogP contribution in [0.15, 0.2) is 72.9 Å². The van der Waals surface area contributed by atoms with Crippen LogP contribution in [-0.2, 0) is 0 Å². The number of nitrogens with zero attached hydrogens (tertiary/aromatic N) is 4. The van der Waals surface area contributed by atoms with Crippen LogP contribution >= 0.6 is 0 Å². The largest absolute Gasteiger partial charge is 0.478 e. The summed E-state index contributed by atoms with van der Waals surface area (Å²) in [4.78, 5) is 26.0. The molecule has 0 bridgehead atoms. The van der Waals surface area contributed by atoms with E-state index in [1.54, 1.807) is 12.1 Å². The van der Waals surface area contributed by atoms with E-state index in [0.717, 1.165) is 52.0 Å². The van der Waals surface area contributed by atoms with Crippen molar-refractivity contribution in [3.63, 3.8) is 0 Å². The number of carbonyl (C=O) groups is 1. The van der Waals surface area contributed by atoms with Crippen molar-refractivity contribution < 1.29 is 9.90 Å². The van der Waals surface area contributed by atoms with E-state index < -0.39 is 5.97 Å². The minimum Gasteiger partial charge on any atom is -0.478 e. The van der Waals surface area contributed by atoms with Crippen LogP contribution in [-0.4, -0.2) is 30.6 Å². The normalized spacial score (nSPS) is 14.6. The van der Waals surface area contributed by atoms with Crippen LogP contribution in [0.3, 0.4) is 0 Å². The molecule has 5 aromatic rings. The van der Waals surface area contributed by atoms with E-state index in [1.165, 1.54) is 19.3 Å². The first-order valence-corrected chi connectivity index (χ1v) is 11.8. The number of hydrogen-bond donors (Lipinski definition) is 1. The lowest BCUT2D eigenvalue weighted by Crippen LogP contribution is -2.14. The van der Waals surface area contributed by atoms with Crippen LogP contribution in [0.2, 0.25) is 0 Å². The summed E-state index contributed by atoms with van der Waals surface area (Å²) in [7, 11) is 0. The second kappa shape index (κ2) is 8.37. The highest BCUT2D eigenvalue weighted by Crippen LogP contribution is 2.36. The third-order valence-electron chi connectivity index (χ3n) is 6.75. The topological polar surface area (TPSA) is 80.9 Å². The standard InChI is InChI=1S/C28H24N4O2/c33-28(34)20-12-14-26-24(16-20)31-27(32(26)21-9-5-2-6-10-21)19-11-13-22-23(15-19)29-17-25(30-22)18-7-3-1-4-8-18/h1,3-4,7-8,11-17,21H,2,5-6,9-10H2,(H,33,34). The molecule has 0 atom stereocenters. The maximum Gasteiger partial charge on any atom is 0.335 e. The number of rotatable bonds is 4. The maximum absolute atomic E-state index is 11.5. The van der Waals surface area contributed by atoms with Crippen LogP contribution in [0.4, 0.5) is 0 Å². The Morgan fingerprint density at radius 2 is 1.65 bits per heavy atom. The van der Waals surface area contributed by atoms with Crippen LogP contribution in [0.25, 0.3) is 44.7 Å². The van der Waals surface area contributed by atoms with Gasteiger partial charge in [0.15, 0.2) is 0 Å². The Morgan fingerprint density at radius 3 is 2.44 bits per heavy atom. The highest BCUT2D eigenvalue weighted by Gasteiger charge is 2.23. The fourth-order valence-electron chi connectivity index (χ4n) is 5.04. The van der Waals surface area contributed by atoms with E-state index in [2.05, 4.69) is 4.57 Å². The van der Waals surface area contributed by atoms with Gasteiger partial charge >= 0.3 is 5.97 Å². The Morgan fingerprint density at radius 1 is 0.824 bits per heavy atom. The zero-order valence-corrected chi connectivity index (χ0v) is 18.7. The number of carboxylic acids is 1. The van der Waals surface area contributed by atoms with E-state index in [4.69, 9.17) is 15.0 Å². The molecule has 1 aliphatic carbocycles. The number of imidazole rings is 1. The fraction of sp³-hybridized carbons (Fsp3) is 0.214. The van der Waals surface area contributed by atoms with Crippen molar-refractivity contribution in [2.75, 3.05) is 0 Å². The molecular formula is C28H24N4O2. The van der Waals surface area contributed by atoms with Crippen LogP contribution < -0.4 is 0 Å². The number of hydrogen-bond acceptors (Lipinski definition) is 4. The van der Waals surface area contributed by atoms with Gasteiger partial charge in [-0.3, -0.25) is 4.98 Å². The third kappa shape index (κ3) is 3.61. The van der Waals surface area contributed by atoms with Gasteiger partial charge in [0.2, 0.25) is 0 Å². The molecule has 6 nitrogen and oxygen atoms in total. The highest BCUT2D eigenvalue weighted by molar-refractivity contribution is 5.93. The van der Waals surface area contributed by atoms with Crippen molar-refractivity contribution in [2.45, 2.75) is 38.1 Å². The molecule has 1 aliphatic rings. The van der Waals surface area contributed by atoms with Gasteiger partial charge in [-0.25, -0.2) is 14.8 Å². The predicted molar refractivity (Wildman–Crippen MR) is 133 cm³/mol. The number of carboxylic acid groups (broad SMARTS) is 1. The van der Waals surface area contributed by atoms with Gasteiger partial charge in [-0.2, -0.15) is 0 Å². The summed E-state index contributed by atoms with van der Waals surface area (Å²) in [6, 6.07) is 21.7. The lowest BCUT2D eigenvalue weighted by atomic mass is 9.94. The maximum atomic E-state index is 11.5. The molecule has 2 aromatic heterocycles. The van der Waals surface area contributed by atoms with E-state index >= 15 is 0 Å². The molecule has 0 unspecified atom stereocenters. The SMILES string of the molecule is O=C(O)c1ccc2c(c1)nc(-c1ccc3nc(-c4ccccc4)cnc3c1)n2C1CCCCC1. The first kappa shape index (κ1) is 20.5. The number of aromatic carboxylic acids is 1. The fourth-order valence-corrected chi connectivity index (χ4v) is 5.04. The van der Waals surface area contributed by atoms with Crippen molar-refractivity contribution in [3.05, 3.63) is 78.5 Å². The Kier molecular flexibility index (Phi) is 5.06. The molecule has 168 valence electrons. The minimum atomic E-state index is -0.939. The van der Waals surface area contributed by atoms with Gasteiger partial charge in [-0.15, -0.1) is 0 Å². The van der Waals surface area contributed by atoms with Gasteiger partial charge in [0.25, 0.3) is 0 Å². The first-order chi connectivity index (χ1) is 16.7. The summed E-state index contributed by atoms with van der Waals surface area (Å²) < 4.78 is 2.31. The van der Waals surface area contributed by atoms with E-state index in [1.807, 2.05) is 60.8 Å². The number of aromatic nitrogens is 4. The molecule has 3 aromatic carbocycles. The molecular weight excluding hydrogens is 424 g/mol. The van der Waals surface area contributed by atoms with Gasteiger partial charge in [0.1, 0.15) is 5.82 Å². The molecule has 0 amide bonds.